The van der Waals surface area contributed by atoms with E-state index in [0.29, 0.717) is 12.4 Å². The van der Waals surface area contributed by atoms with Crippen molar-refractivity contribution in [1.29, 1.82) is 0 Å². The van der Waals surface area contributed by atoms with Crippen LogP contribution < -0.4 is 5.48 Å². The Morgan fingerprint density at radius 2 is 2.28 bits per heavy atom. The Morgan fingerprint density at radius 1 is 1.50 bits per heavy atom. The molecule has 96 valence electrons. The van der Waals surface area contributed by atoms with Crippen LogP contribution in [-0.2, 0) is 6.54 Å². The second kappa shape index (κ2) is 5.11. The number of aryl methyl sites for hydroxylation is 1. The number of hydrogen-bond donors (Lipinski definition) is 3. The van der Waals surface area contributed by atoms with Crippen LogP contribution in [0.15, 0.2) is 18.3 Å². The molecule has 1 atom stereocenters. The molecule has 0 fully saturated rings. The lowest BCUT2D eigenvalue weighted by Crippen LogP contribution is -2.14. The molecule has 18 heavy (non-hydrogen) atoms. The van der Waals surface area contributed by atoms with Crippen LogP contribution in [0, 0.1) is 6.92 Å². The predicted octanol–water partition coefficient (Wildman–Crippen LogP) is 0.830. The standard InChI is InChI=1S/C11H15N5O2/c1-7-5-9(3-4-12-7)10-13-11(15-18)14-16(10)6-8(2)17/h3-5,8,17-18H,6H2,1-2H3,(H,14,15). The summed E-state index contributed by atoms with van der Waals surface area (Å²) in [4.78, 5) is 8.26. The Kier molecular flexibility index (Phi) is 3.54. The van der Waals surface area contributed by atoms with Crippen LogP contribution in [0.1, 0.15) is 12.6 Å². The SMILES string of the molecule is Cc1cc(-c2nc(NO)nn2CC(C)O)ccn1. The molecule has 7 nitrogen and oxygen atoms in total. The molecule has 0 spiro atoms. The first-order valence-corrected chi connectivity index (χ1v) is 5.56. The van der Waals surface area contributed by atoms with Gasteiger partial charge in [-0.3, -0.25) is 10.2 Å². The van der Waals surface area contributed by atoms with Gasteiger partial charge in [-0.25, -0.2) is 10.2 Å². The number of anilines is 1. The molecular formula is C11H15N5O2. The van der Waals surface area contributed by atoms with Crippen molar-refractivity contribution in [3.8, 4) is 11.4 Å². The van der Waals surface area contributed by atoms with Gasteiger partial charge in [0.15, 0.2) is 5.82 Å². The zero-order valence-corrected chi connectivity index (χ0v) is 10.2. The predicted molar refractivity (Wildman–Crippen MR) is 65.1 cm³/mol. The summed E-state index contributed by atoms with van der Waals surface area (Å²) in [6.07, 6.45) is 1.12. The van der Waals surface area contributed by atoms with E-state index in [1.54, 1.807) is 19.2 Å². The van der Waals surface area contributed by atoms with E-state index in [9.17, 15) is 5.11 Å². The molecule has 2 rings (SSSR count). The second-order valence-corrected chi connectivity index (χ2v) is 4.09. The van der Waals surface area contributed by atoms with Gasteiger partial charge >= 0.3 is 0 Å². The molecule has 0 radical (unpaired) electrons. The van der Waals surface area contributed by atoms with Gasteiger partial charge in [0.05, 0.1) is 12.6 Å². The van der Waals surface area contributed by atoms with Crippen molar-refractivity contribution in [2.24, 2.45) is 0 Å². The summed E-state index contributed by atoms with van der Waals surface area (Å²) in [5.41, 5.74) is 3.59. The molecule has 2 aromatic rings. The summed E-state index contributed by atoms with van der Waals surface area (Å²) < 4.78 is 1.54. The quantitative estimate of drug-likeness (QED) is 0.694. The van der Waals surface area contributed by atoms with Gasteiger partial charge in [0.2, 0.25) is 0 Å². The minimum Gasteiger partial charge on any atom is -0.391 e. The molecule has 0 saturated carbocycles. The summed E-state index contributed by atoms with van der Waals surface area (Å²) >= 11 is 0. The molecule has 7 heteroatoms. The topological polar surface area (TPSA) is 96.1 Å². The lowest BCUT2D eigenvalue weighted by atomic mass is 10.2. The Labute approximate surface area is 104 Å². The molecule has 0 bridgehead atoms. The van der Waals surface area contributed by atoms with Crippen LogP contribution in [0.25, 0.3) is 11.4 Å². The number of rotatable bonds is 4. The van der Waals surface area contributed by atoms with Crippen molar-refractivity contribution < 1.29 is 10.3 Å². The maximum absolute atomic E-state index is 9.43. The Morgan fingerprint density at radius 3 is 2.89 bits per heavy atom. The molecule has 2 heterocycles. The lowest BCUT2D eigenvalue weighted by Gasteiger charge is -2.07. The normalized spacial score (nSPS) is 12.4. The summed E-state index contributed by atoms with van der Waals surface area (Å²) in [5, 5.41) is 22.3. The number of hydrogen-bond acceptors (Lipinski definition) is 6. The van der Waals surface area contributed by atoms with E-state index in [1.165, 1.54) is 4.68 Å². The Hall–Kier alpha value is -1.99. The zero-order valence-electron chi connectivity index (χ0n) is 10.2. The van der Waals surface area contributed by atoms with Gasteiger partial charge in [0.25, 0.3) is 5.95 Å². The van der Waals surface area contributed by atoms with E-state index >= 15 is 0 Å². The highest BCUT2D eigenvalue weighted by Gasteiger charge is 2.13. The van der Waals surface area contributed by atoms with Gasteiger partial charge < -0.3 is 5.11 Å². The molecule has 0 aliphatic heterocycles. The first-order valence-electron chi connectivity index (χ1n) is 5.56. The molecule has 0 aromatic carbocycles. The zero-order chi connectivity index (χ0) is 13.1. The average molecular weight is 249 g/mol. The number of aliphatic hydroxyl groups is 1. The van der Waals surface area contributed by atoms with Crippen LogP contribution in [0.2, 0.25) is 0 Å². The van der Waals surface area contributed by atoms with Crippen LogP contribution in [-0.4, -0.2) is 36.2 Å². The largest absolute Gasteiger partial charge is 0.391 e. The summed E-state index contributed by atoms with van der Waals surface area (Å²) in [7, 11) is 0. The first-order chi connectivity index (χ1) is 8.60. The molecule has 1 unspecified atom stereocenters. The van der Waals surface area contributed by atoms with Gasteiger partial charge in [0.1, 0.15) is 0 Å². The van der Waals surface area contributed by atoms with E-state index in [0.717, 1.165) is 11.3 Å². The molecule has 0 amide bonds. The third kappa shape index (κ3) is 2.63. The third-order valence-corrected chi connectivity index (χ3v) is 2.36. The van der Waals surface area contributed by atoms with Crippen molar-refractivity contribution in [2.45, 2.75) is 26.5 Å². The van der Waals surface area contributed by atoms with Crippen LogP contribution in [0.5, 0.6) is 0 Å². The van der Waals surface area contributed by atoms with Crippen molar-refractivity contribution in [3.63, 3.8) is 0 Å². The highest BCUT2D eigenvalue weighted by atomic mass is 16.5. The minimum absolute atomic E-state index is 0.0973. The fourth-order valence-electron chi connectivity index (χ4n) is 1.67. The molecule has 2 aromatic heterocycles. The summed E-state index contributed by atoms with van der Waals surface area (Å²) in [6, 6.07) is 3.67. The molecule has 3 N–H and O–H groups in total. The van der Waals surface area contributed by atoms with E-state index in [4.69, 9.17) is 5.21 Å². The van der Waals surface area contributed by atoms with Gasteiger partial charge in [-0.1, -0.05) is 0 Å². The van der Waals surface area contributed by atoms with Gasteiger partial charge in [-0.05, 0) is 26.0 Å². The van der Waals surface area contributed by atoms with Crippen molar-refractivity contribution in [1.82, 2.24) is 19.7 Å². The van der Waals surface area contributed by atoms with E-state index in [1.807, 2.05) is 18.5 Å². The second-order valence-electron chi connectivity index (χ2n) is 4.09. The Balaban J connectivity index is 2.44. The highest BCUT2D eigenvalue weighted by molar-refractivity contribution is 5.56. The number of aromatic nitrogens is 4. The summed E-state index contributed by atoms with van der Waals surface area (Å²) in [5.74, 6) is 0.665. The fraction of sp³-hybridized carbons (Fsp3) is 0.364. The minimum atomic E-state index is -0.556. The number of aliphatic hydroxyl groups excluding tert-OH is 1. The Bertz CT molecular complexity index is 538. The third-order valence-electron chi connectivity index (χ3n) is 2.36. The fourth-order valence-corrected chi connectivity index (χ4v) is 1.67. The van der Waals surface area contributed by atoms with E-state index < -0.39 is 6.10 Å². The molecular weight excluding hydrogens is 234 g/mol. The number of nitrogens with one attached hydrogen (secondary N) is 1. The summed E-state index contributed by atoms with van der Waals surface area (Å²) in [6.45, 7) is 3.84. The number of pyridine rings is 1. The van der Waals surface area contributed by atoms with Gasteiger partial charge in [0, 0.05) is 17.5 Å². The van der Waals surface area contributed by atoms with E-state index in [2.05, 4.69) is 15.1 Å². The van der Waals surface area contributed by atoms with Crippen LogP contribution in [0.4, 0.5) is 5.95 Å². The van der Waals surface area contributed by atoms with Gasteiger partial charge in [-0.15, -0.1) is 5.10 Å². The monoisotopic (exact) mass is 249 g/mol. The molecule has 0 aliphatic rings. The van der Waals surface area contributed by atoms with Crippen LogP contribution in [0.3, 0.4) is 0 Å². The van der Waals surface area contributed by atoms with Crippen molar-refractivity contribution >= 4 is 5.95 Å². The average Bonchev–Trinajstić information content (AvgIpc) is 2.71. The van der Waals surface area contributed by atoms with E-state index in [-0.39, 0.29) is 5.95 Å². The first kappa shape index (κ1) is 12.5. The van der Waals surface area contributed by atoms with Crippen molar-refractivity contribution in [3.05, 3.63) is 24.0 Å². The lowest BCUT2D eigenvalue weighted by molar-refractivity contribution is 0.169. The van der Waals surface area contributed by atoms with Crippen molar-refractivity contribution in [2.75, 3.05) is 5.48 Å². The smallest absolute Gasteiger partial charge is 0.266 e. The molecule has 0 aliphatic carbocycles. The maximum Gasteiger partial charge on any atom is 0.266 e. The molecule has 0 saturated heterocycles. The highest BCUT2D eigenvalue weighted by Crippen LogP contribution is 2.19. The maximum atomic E-state index is 9.43. The number of nitrogens with zero attached hydrogens (tertiary/aromatic N) is 4. The van der Waals surface area contributed by atoms with Crippen LogP contribution >= 0.6 is 0 Å². The van der Waals surface area contributed by atoms with Gasteiger partial charge in [-0.2, -0.15) is 4.98 Å².